The second-order valence-electron chi connectivity index (χ2n) is 7.50. The normalized spacial score (nSPS) is 17.1. The number of furan rings is 1. The second-order valence-corrected chi connectivity index (χ2v) is 8.69. The van der Waals surface area contributed by atoms with Gasteiger partial charge in [0, 0.05) is 5.69 Å². The van der Waals surface area contributed by atoms with E-state index in [0.29, 0.717) is 17.9 Å². The van der Waals surface area contributed by atoms with E-state index in [-0.39, 0.29) is 28.9 Å². The second kappa shape index (κ2) is 9.76. The number of amides is 2. The third-order valence-corrected chi connectivity index (χ3v) is 6.40. The van der Waals surface area contributed by atoms with Crippen molar-refractivity contribution in [3.8, 4) is 6.07 Å². The van der Waals surface area contributed by atoms with E-state index in [4.69, 9.17) is 4.42 Å². The number of thioether (sulfide) groups is 1. The van der Waals surface area contributed by atoms with Gasteiger partial charge < -0.3 is 9.73 Å². The first-order valence-corrected chi connectivity index (χ1v) is 11.1. The van der Waals surface area contributed by atoms with Crippen LogP contribution in [0.3, 0.4) is 0 Å². The molecule has 1 N–H and O–H groups in total. The van der Waals surface area contributed by atoms with E-state index in [9.17, 15) is 19.2 Å². The van der Waals surface area contributed by atoms with Crippen molar-refractivity contribution in [2.24, 2.45) is 0 Å². The monoisotopic (exact) mass is 461 g/mol. The van der Waals surface area contributed by atoms with Crippen LogP contribution < -0.4 is 10.2 Å². The summed E-state index contributed by atoms with van der Waals surface area (Å²) in [4.78, 5) is 27.7. The highest BCUT2D eigenvalue weighted by molar-refractivity contribution is 8.05. The largest absolute Gasteiger partial charge is 0.467 e. The van der Waals surface area contributed by atoms with Crippen molar-refractivity contribution in [2.75, 3.05) is 4.90 Å². The molecule has 8 heteroatoms. The molecule has 1 aromatic heterocycles. The molecule has 33 heavy (non-hydrogen) atoms. The Labute approximate surface area is 194 Å². The molecule has 0 spiro atoms. The molecular weight excluding hydrogens is 441 g/mol. The highest BCUT2D eigenvalue weighted by Crippen LogP contribution is 2.42. The molecule has 0 bridgehead atoms. The molecule has 0 aliphatic carbocycles. The first-order chi connectivity index (χ1) is 16.0. The lowest BCUT2D eigenvalue weighted by molar-refractivity contribution is -0.117. The summed E-state index contributed by atoms with van der Waals surface area (Å²) in [5, 5.41) is 12.2. The Balaban J connectivity index is 1.67. The van der Waals surface area contributed by atoms with E-state index in [0.717, 1.165) is 22.9 Å². The minimum atomic E-state index is -0.594. The van der Waals surface area contributed by atoms with E-state index in [1.165, 1.54) is 23.3 Å². The fraction of sp³-hybridized carbons (Fsp3) is 0.160. The number of nitrogens with zero attached hydrogens (tertiary/aromatic N) is 2. The number of nitriles is 1. The standard InChI is InChI=1S/C25H20FN3O3S/c1-16-4-10-19(11-5-16)29-24(31)22(13-17-6-8-18(26)9-7-17)33-25(29)21(14-27)23(30)28-15-20-3-2-12-32-20/h2-12,22H,13,15H2,1H3,(H,28,30). The maximum atomic E-state index is 13.4. The predicted octanol–water partition coefficient (Wildman–Crippen LogP) is 4.47. The van der Waals surface area contributed by atoms with E-state index in [2.05, 4.69) is 5.32 Å². The van der Waals surface area contributed by atoms with Crippen LogP contribution in [-0.4, -0.2) is 17.1 Å². The number of anilines is 1. The summed E-state index contributed by atoms with van der Waals surface area (Å²) in [6.45, 7) is 2.05. The van der Waals surface area contributed by atoms with Gasteiger partial charge in [-0.25, -0.2) is 4.39 Å². The first kappa shape index (κ1) is 22.4. The highest BCUT2D eigenvalue weighted by Gasteiger charge is 2.40. The van der Waals surface area contributed by atoms with Crippen molar-refractivity contribution in [3.05, 3.63) is 100 Å². The SMILES string of the molecule is Cc1ccc(N2C(=O)C(Cc3ccc(F)cc3)SC2=C(C#N)C(=O)NCc2ccco2)cc1. The van der Waals surface area contributed by atoms with E-state index in [1.807, 2.05) is 25.1 Å². The molecule has 1 aliphatic heterocycles. The molecule has 0 saturated carbocycles. The Morgan fingerprint density at radius 1 is 1.18 bits per heavy atom. The zero-order chi connectivity index (χ0) is 23.4. The molecule has 1 fully saturated rings. The number of hydrogen-bond donors (Lipinski definition) is 1. The van der Waals surface area contributed by atoms with Crippen molar-refractivity contribution in [1.29, 1.82) is 5.26 Å². The number of benzene rings is 2. The molecule has 166 valence electrons. The lowest BCUT2D eigenvalue weighted by Gasteiger charge is -2.19. The Morgan fingerprint density at radius 3 is 2.55 bits per heavy atom. The molecule has 4 rings (SSSR count). The van der Waals surface area contributed by atoms with Crippen molar-refractivity contribution < 1.29 is 18.4 Å². The molecule has 1 saturated heterocycles. The molecule has 2 amide bonds. The average Bonchev–Trinajstić information content (AvgIpc) is 3.44. The maximum absolute atomic E-state index is 13.4. The summed E-state index contributed by atoms with van der Waals surface area (Å²) in [5.74, 6) is -0.644. The topological polar surface area (TPSA) is 86.3 Å². The van der Waals surface area contributed by atoms with Crippen LogP contribution in [0, 0.1) is 24.1 Å². The Kier molecular flexibility index (Phi) is 6.61. The number of nitrogens with one attached hydrogen (secondary N) is 1. The van der Waals surface area contributed by atoms with Crippen LogP contribution in [-0.2, 0) is 22.6 Å². The Bertz CT molecular complexity index is 1230. The molecule has 1 atom stereocenters. The lowest BCUT2D eigenvalue weighted by Crippen LogP contribution is -2.32. The van der Waals surface area contributed by atoms with Crippen molar-refractivity contribution in [3.63, 3.8) is 0 Å². The summed E-state index contributed by atoms with van der Waals surface area (Å²) in [7, 11) is 0. The molecular formula is C25H20FN3O3S. The Hall–Kier alpha value is -3.83. The zero-order valence-corrected chi connectivity index (χ0v) is 18.6. The predicted molar refractivity (Wildman–Crippen MR) is 123 cm³/mol. The van der Waals surface area contributed by atoms with Crippen molar-refractivity contribution >= 4 is 29.3 Å². The van der Waals surface area contributed by atoms with Crippen LogP contribution in [0.1, 0.15) is 16.9 Å². The van der Waals surface area contributed by atoms with E-state index < -0.39 is 11.2 Å². The number of aryl methyl sites for hydroxylation is 1. The van der Waals surface area contributed by atoms with Gasteiger partial charge in [-0.2, -0.15) is 5.26 Å². The molecule has 2 aromatic carbocycles. The summed E-state index contributed by atoms with van der Waals surface area (Å²) in [6, 6.07) is 18.6. The number of carbonyl (C=O) groups excluding carboxylic acids is 2. The quantitative estimate of drug-likeness (QED) is 0.432. The van der Waals surface area contributed by atoms with Crippen LogP contribution >= 0.6 is 11.8 Å². The third-order valence-electron chi connectivity index (χ3n) is 5.14. The fourth-order valence-corrected chi connectivity index (χ4v) is 4.73. The molecule has 1 aliphatic rings. The lowest BCUT2D eigenvalue weighted by atomic mass is 10.1. The van der Waals surface area contributed by atoms with Gasteiger partial charge in [0.05, 0.1) is 18.1 Å². The fourth-order valence-electron chi connectivity index (χ4n) is 3.42. The van der Waals surface area contributed by atoms with Gasteiger partial charge in [0.15, 0.2) is 0 Å². The smallest absolute Gasteiger partial charge is 0.265 e. The van der Waals surface area contributed by atoms with Gasteiger partial charge in [-0.05, 0) is 55.3 Å². The number of rotatable bonds is 6. The summed E-state index contributed by atoms with van der Waals surface area (Å²) >= 11 is 1.16. The summed E-state index contributed by atoms with van der Waals surface area (Å²) in [6.07, 6.45) is 1.83. The summed E-state index contributed by atoms with van der Waals surface area (Å²) < 4.78 is 18.5. The molecule has 3 aromatic rings. The maximum Gasteiger partial charge on any atom is 0.265 e. The van der Waals surface area contributed by atoms with E-state index >= 15 is 0 Å². The Morgan fingerprint density at radius 2 is 1.91 bits per heavy atom. The van der Waals surface area contributed by atoms with Gasteiger partial charge in [-0.1, -0.05) is 41.6 Å². The van der Waals surface area contributed by atoms with Crippen LogP contribution in [0.4, 0.5) is 10.1 Å². The van der Waals surface area contributed by atoms with Gasteiger partial charge in [-0.3, -0.25) is 14.5 Å². The summed E-state index contributed by atoms with van der Waals surface area (Å²) in [5.41, 5.74) is 2.22. The van der Waals surface area contributed by atoms with E-state index in [1.54, 1.807) is 36.4 Å². The van der Waals surface area contributed by atoms with Crippen molar-refractivity contribution in [2.45, 2.75) is 25.1 Å². The van der Waals surface area contributed by atoms with Crippen LogP contribution in [0.25, 0.3) is 0 Å². The first-order valence-electron chi connectivity index (χ1n) is 10.2. The number of halogens is 1. The van der Waals surface area contributed by atoms with Gasteiger partial charge in [-0.15, -0.1) is 0 Å². The molecule has 0 radical (unpaired) electrons. The minimum absolute atomic E-state index is 0.118. The minimum Gasteiger partial charge on any atom is -0.467 e. The van der Waals surface area contributed by atoms with Gasteiger partial charge >= 0.3 is 0 Å². The van der Waals surface area contributed by atoms with Gasteiger partial charge in [0.2, 0.25) is 5.91 Å². The van der Waals surface area contributed by atoms with Crippen LogP contribution in [0.5, 0.6) is 0 Å². The van der Waals surface area contributed by atoms with Crippen LogP contribution in [0.15, 0.2) is 81.9 Å². The van der Waals surface area contributed by atoms with Crippen molar-refractivity contribution in [1.82, 2.24) is 5.32 Å². The van der Waals surface area contributed by atoms with Gasteiger partial charge in [0.25, 0.3) is 5.91 Å². The average molecular weight is 462 g/mol. The number of carbonyl (C=O) groups is 2. The third kappa shape index (κ3) is 4.99. The highest BCUT2D eigenvalue weighted by atomic mass is 32.2. The molecule has 2 heterocycles. The molecule has 1 unspecified atom stereocenters. The van der Waals surface area contributed by atoms with Crippen LogP contribution in [0.2, 0.25) is 0 Å². The molecule has 6 nitrogen and oxygen atoms in total. The van der Waals surface area contributed by atoms with Gasteiger partial charge in [0.1, 0.15) is 28.2 Å². The zero-order valence-electron chi connectivity index (χ0n) is 17.7. The number of hydrogen-bond acceptors (Lipinski definition) is 5.